The highest BCUT2D eigenvalue weighted by Gasteiger charge is 2.24. The van der Waals surface area contributed by atoms with Crippen LogP contribution < -0.4 is 0 Å². The van der Waals surface area contributed by atoms with Crippen molar-refractivity contribution in [1.29, 1.82) is 0 Å². The summed E-state index contributed by atoms with van der Waals surface area (Å²) in [6.45, 7) is 2.99. The van der Waals surface area contributed by atoms with Crippen LogP contribution in [-0.4, -0.2) is 27.9 Å². The van der Waals surface area contributed by atoms with Crippen molar-refractivity contribution in [3.63, 3.8) is 0 Å². The molecule has 6 heteroatoms. The Morgan fingerprint density at radius 1 is 0.913 bits per heavy atom. The molecule has 1 unspecified atom stereocenters. The van der Waals surface area contributed by atoms with Crippen LogP contribution >= 0.6 is 0 Å². The summed E-state index contributed by atoms with van der Waals surface area (Å²) in [4.78, 5) is 0. The van der Waals surface area contributed by atoms with E-state index in [0.717, 1.165) is 25.7 Å². The molecule has 1 atom stereocenters. The Morgan fingerprint density at radius 3 is 2.00 bits per heavy atom. The fourth-order valence-corrected chi connectivity index (χ4v) is 3.50. The maximum absolute atomic E-state index is 11.5. The average Bonchev–Trinajstić information content (AvgIpc) is 3.00. The molecule has 0 aromatic heterocycles. The first-order valence-corrected chi connectivity index (χ1v) is 10.7. The quantitative estimate of drug-likeness (QED) is 0.400. The number of hydrogen-bond acceptors (Lipinski definition) is 5. The minimum atomic E-state index is -3.90. The second-order valence-corrected chi connectivity index (χ2v) is 7.55. The van der Waals surface area contributed by atoms with Crippen molar-refractivity contribution >= 4 is 10.4 Å². The molecule has 0 aromatic rings. The van der Waals surface area contributed by atoms with E-state index in [1.54, 1.807) is 0 Å². The van der Waals surface area contributed by atoms with Gasteiger partial charge in [0.1, 0.15) is 0 Å². The molecule has 0 aliphatic carbocycles. The van der Waals surface area contributed by atoms with Crippen molar-refractivity contribution in [3.8, 4) is 0 Å². The van der Waals surface area contributed by atoms with Crippen LogP contribution in [0.15, 0.2) is 0 Å². The van der Waals surface area contributed by atoms with Crippen LogP contribution in [0, 0.1) is 0 Å². The summed E-state index contributed by atoms with van der Waals surface area (Å²) in [5.41, 5.74) is 0. The third kappa shape index (κ3) is 11.9. The van der Waals surface area contributed by atoms with E-state index in [2.05, 4.69) is 6.92 Å². The molecule has 23 heavy (non-hydrogen) atoms. The van der Waals surface area contributed by atoms with Crippen molar-refractivity contribution in [3.05, 3.63) is 0 Å². The van der Waals surface area contributed by atoms with E-state index in [9.17, 15) is 8.42 Å². The van der Waals surface area contributed by atoms with E-state index in [1.807, 2.05) is 0 Å². The molecule has 1 heterocycles. The van der Waals surface area contributed by atoms with E-state index in [1.165, 1.54) is 51.4 Å². The van der Waals surface area contributed by atoms with Crippen molar-refractivity contribution in [1.82, 2.24) is 0 Å². The normalized spacial score (nSPS) is 18.6. The predicted octanol–water partition coefficient (Wildman–Crippen LogP) is 4.71. The van der Waals surface area contributed by atoms with Crippen LogP contribution in [0.25, 0.3) is 0 Å². The summed E-state index contributed by atoms with van der Waals surface area (Å²) in [5, 5.41) is 0. The molecule has 0 bridgehead atoms. The number of rotatable bonds is 15. The first-order chi connectivity index (χ1) is 11.1. The molecular formula is C17H34O5S. The van der Waals surface area contributed by atoms with Gasteiger partial charge in [-0.15, -0.1) is 0 Å². The second kappa shape index (κ2) is 13.2. The Bertz CT molecular complexity index is 363. The predicted molar refractivity (Wildman–Crippen MR) is 91.4 cm³/mol. The average molecular weight is 351 g/mol. The fourth-order valence-electron chi connectivity index (χ4n) is 2.71. The van der Waals surface area contributed by atoms with Gasteiger partial charge in [0.25, 0.3) is 0 Å². The van der Waals surface area contributed by atoms with Gasteiger partial charge < -0.3 is 4.74 Å². The Kier molecular flexibility index (Phi) is 11.9. The first-order valence-electron chi connectivity index (χ1n) is 9.33. The summed E-state index contributed by atoms with van der Waals surface area (Å²) >= 11 is 0. The zero-order valence-corrected chi connectivity index (χ0v) is 15.4. The standard InChI is InChI=1S/C17H34O5S/c1-2-3-4-5-6-7-8-9-10-11-12-16-21-23(18,19)22-17-14-13-15-20-17/h17H,2-16H2,1H3. The van der Waals surface area contributed by atoms with E-state index in [-0.39, 0.29) is 6.61 Å². The molecular weight excluding hydrogens is 316 g/mol. The van der Waals surface area contributed by atoms with Crippen LogP contribution in [0.2, 0.25) is 0 Å². The smallest absolute Gasteiger partial charge is 0.351 e. The van der Waals surface area contributed by atoms with Crippen molar-refractivity contribution in [2.45, 2.75) is 96.7 Å². The molecule has 1 fully saturated rings. The number of ether oxygens (including phenoxy) is 1. The van der Waals surface area contributed by atoms with Gasteiger partial charge in [0.2, 0.25) is 0 Å². The van der Waals surface area contributed by atoms with E-state index < -0.39 is 16.7 Å². The van der Waals surface area contributed by atoms with E-state index in [0.29, 0.717) is 13.0 Å². The van der Waals surface area contributed by atoms with Crippen molar-refractivity contribution in [2.24, 2.45) is 0 Å². The third-order valence-electron chi connectivity index (χ3n) is 4.09. The third-order valence-corrected chi connectivity index (χ3v) is 4.99. The first kappa shape index (κ1) is 20.9. The molecule has 0 amide bonds. The maximum Gasteiger partial charge on any atom is 0.402 e. The molecule has 0 radical (unpaired) electrons. The van der Waals surface area contributed by atoms with Crippen LogP contribution in [-0.2, 0) is 23.5 Å². The monoisotopic (exact) mass is 350 g/mol. The minimum Gasteiger partial charge on any atom is -0.351 e. The summed E-state index contributed by atoms with van der Waals surface area (Å²) in [6, 6.07) is 0. The topological polar surface area (TPSA) is 61.8 Å². The Morgan fingerprint density at radius 2 is 1.48 bits per heavy atom. The highest BCUT2D eigenvalue weighted by atomic mass is 32.3. The van der Waals surface area contributed by atoms with Crippen LogP contribution in [0.5, 0.6) is 0 Å². The van der Waals surface area contributed by atoms with Gasteiger partial charge in [-0.25, -0.2) is 8.37 Å². The van der Waals surface area contributed by atoms with Crippen LogP contribution in [0.3, 0.4) is 0 Å². The molecule has 5 nitrogen and oxygen atoms in total. The van der Waals surface area contributed by atoms with Crippen molar-refractivity contribution in [2.75, 3.05) is 13.2 Å². The molecule has 1 saturated heterocycles. The lowest BCUT2D eigenvalue weighted by Crippen LogP contribution is -2.19. The lowest BCUT2D eigenvalue weighted by molar-refractivity contribution is -0.0438. The van der Waals surface area contributed by atoms with E-state index in [4.69, 9.17) is 13.1 Å². The molecule has 1 rings (SSSR count). The zero-order valence-electron chi connectivity index (χ0n) is 14.6. The van der Waals surface area contributed by atoms with Gasteiger partial charge >= 0.3 is 10.4 Å². The van der Waals surface area contributed by atoms with Gasteiger partial charge in [-0.1, -0.05) is 71.1 Å². The molecule has 0 spiro atoms. The maximum atomic E-state index is 11.5. The van der Waals surface area contributed by atoms with Gasteiger partial charge in [0, 0.05) is 13.0 Å². The Labute approximate surface area is 142 Å². The Hall–Kier alpha value is -0.170. The highest BCUT2D eigenvalue weighted by Crippen LogP contribution is 2.17. The van der Waals surface area contributed by atoms with Gasteiger partial charge in [0.15, 0.2) is 6.29 Å². The summed E-state index contributed by atoms with van der Waals surface area (Å²) in [5.74, 6) is 0. The van der Waals surface area contributed by atoms with Gasteiger partial charge in [-0.05, 0) is 12.8 Å². The van der Waals surface area contributed by atoms with Crippen LogP contribution in [0.4, 0.5) is 0 Å². The SMILES string of the molecule is CCCCCCCCCCCCCOS(=O)(=O)OC1CCCO1. The lowest BCUT2D eigenvalue weighted by Gasteiger charge is -2.10. The van der Waals surface area contributed by atoms with Crippen molar-refractivity contribution < 1.29 is 21.5 Å². The summed E-state index contributed by atoms with van der Waals surface area (Å²) in [7, 11) is -3.90. The lowest BCUT2D eigenvalue weighted by atomic mass is 10.1. The summed E-state index contributed by atoms with van der Waals surface area (Å²) < 4.78 is 37.9. The van der Waals surface area contributed by atoms with E-state index >= 15 is 0 Å². The Balaban J connectivity index is 1.85. The number of hydrogen-bond donors (Lipinski definition) is 0. The minimum absolute atomic E-state index is 0.200. The second-order valence-electron chi connectivity index (χ2n) is 6.30. The molecule has 1 aliphatic heterocycles. The molecule has 0 saturated carbocycles. The zero-order chi connectivity index (χ0) is 16.8. The fraction of sp³-hybridized carbons (Fsp3) is 1.00. The molecule has 0 aromatic carbocycles. The molecule has 1 aliphatic rings. The molecule has 138 valence electrons. The van der Waals surface area contributed by atoms with Gasteiger partial charge in [-0.3, -0.25) is 0 Å². The highest BCUT2D eigenvalue weighted by molar-refractivity contribution is 7.81. The summed E-state index contributed by atoms with van der Waals surface area (Å²) in [6.07, 6.45) is 14.3. The molecule has 0 N–H and O–H groups in total. The van der Waals surface area contributed by atoms with Gasteiger partial charge in [-0.2, -0.15) is 8.42 Å². The largest absolute Gasteiger partial charge is 0.402 e. The van der Waals surface area contributed by atoms with Gasteiger partial charge in [0.05, 0.1) is 6.61 Å². The number of unbranched alkanes of at least 4 members (excludes halogenated alkanes) is 10. The van der Waals surface area contributed by atoms with Crippen LogP contribution in [0.1, 0.15) is 90.4 Å².